The van der Waals surface area contributed by atoms with Gasteiger partial charge >= 0.3 is 0 Å². The Morgan fingerprint density at radius 3 is 2.71 bits per heavy atom. The van der Waals surface area contributed by atoms with Crippen LogP contribution in [0.5, 0.6) is 11.5 Å². The first-order valence-electron chi connectivity index (χ1n) is 11.0. The van der Waals surface area contributed by atoms with E-state index in [4.69, 9.17) is 14.0 Å². The lowest BCUT2D eigenvalue weighted by Crippen LogP contribution is -2.34. The maximum atomic E-state index is 11.5. The summed E-state index contributed by atoms with van der Waals surface area (Å²) in [5.41, 5.74) is 2.63. The summed E-state index contributed by atoms with van der Waals surface area (Å²) in [6.45, 7) is 5.44. The van der Waals surface area contributed by atoms with Crippen LogP contribution in [0.2, 0.25) is 0 Å². The van der Waals surface area contributed by atoms with Crippen LogP contribution < -0.4 is 9.47 Å². The number of rotatable bonds is 9. The van der Waals surface area contributed by atoms with Crippen molar-refractivity contribution in [1.82, 2.24) is 10.1 Å². The number of carbonyl (C=O) groups excluding carboxylic acids is 1. The van der Waals surface area contributed by atoms with Crippen molar-refractivity contribution in [2.75, 3.05) is 33.4 Å². The number of Topliss-reactive ketones (excluding diaryl/α,β-unsaturated/α-hetero) is 1. The van der Waals surface area contributed by atoms with Gasteiger partial charge in [-0.05, 0) is 82.6 Å². The highest BCUT2D eigenvalue weighted by molar-refractivity contribution is 5.94. The molecule has 6 heteroatoms. The molecule has 0 atom stereocenters. The van der Waals surface area contributed by atoms with Crippen LogP contribution in [0.25, 0.3) is 11.0 Å². The predicted octanol–water partition coefficient (Wildman–Crippen LogP) is 5.08. The number of hydrogen-bond donors (Lipinski definition) is 0. The quantitative estimate of drug-likeness (QED) is 0.354. The summed E-state index contributed by atoms with van der Waals surface area (Å²) in [5.74, 6) is 1.79. The molecule has 0 radical (unpaired) electrons. The van der Waals surface area contributed by atoms with Gasteiger partial charge in [0.05, 0.1) is 19.4 Å². The van der Waals surface area contributed by atoms with E-state index in [1.165, 1.54) is 0 Å². The van der Waals surface area contributed by atoms with E-state index in [0.717, 1.165) is 62.0 Å². The third kappa shape index (κ3) is 5.07. The molecule has 0 saturated carbocycles. The molecule has 2 heterocycles. The number of fused-ring (bicyclic) bond motifs is 1. The van der Waals surface area contributed by atoms with Crippen LogP contribution in [-0.4, -0.2) is 49.2 Å². The smallest absolute Gasteiger partial charge is 0.167 e. The van der Waals surface area contributed by atoms with Crippen molar-refractivity contribution < 1.29 is 18.8 Å². The molecule has 0 aliphatic carbocycles. The largest absolute Gasteiger partial charge is 0.493 e. The van der Waals surface area contributed by atoms with Crippen LogP contribution in [-0.2, 0) is 0 Å². The second kappa shape index (κ2) is 9.96. The van der Waals surface area contributed by atoms with Gasteiger partial charge in [0.1, 0.15) is 0 Å². The Labute approximate surface area is 183 Å². The Morgan fingerprint density at radius 2 is 1.94 bits per heavy atom. The van der Waals surface area contributed by atoms with Gasteiger partial charge in [0.15, 0.2) is 22.9 Å². The molecule has 1 aliphatic rings. The van der Waals surface area contributed by atoms with Crippen LogP contribution in [0.1, 0.15) is 54.6 Å². The molecule has 6 nitrogen and oxygen atoms in total. The fraction of sp³-hybridized carbons (Fsp3) is 0.440. The first kappa shape index (κ1) is 21.4. The van der Waals surface area contributed by atoms with Crippen molar-refractivity contribution in [1.29, 1.82) is 0 Å². The SMILES string of the molecule is COc1cc(C(C)=O)ccc1OCCCCN1CCC(c2noc3ccccc23)CC1. The van der Waals surface area contributed by atoms with E-state index in [1.807, 2.05) is 24.3 Å². The molecule has 4 rings (SSSR count). The zero-order chi connectivity index (χ0) is 21.6. The Kier molecular flexibility index (Phi) is 6.87. The normalized spacial score (nSPS) is 15.3. The molecular formula is C25H30N2O4. The van der Waals surface area contributed by atoms with Crippen molar-refractivity contribution in [3.63, 3.8) is 0 Å². The monoisotopic (exact) mass is 422 g/mol. The van der Waals surface area contributed by atoms with E-state index in [-0.39, 0.29) is 5.78 Å². The fourth-order valence-corrected chi connectivity index (χ4v) is 4.26. The Hall–Kier alpha value is -2.86. The number of aromatic nitrogens is 1. The van der Waals surface area contributed by atoms with Gasteiger partial charge in [0, 0.05) is 16.9 Å². The number of methoxy groups -OCH3 is 1. The number of ketones is 1. The van der Waals surface area contributed by atoms with Gasteiger partial charge in [-0.3, -0.25) is 4.79 Å². The average Bonchev–Trinajstić information content (AvgIpc) is 3.23. The molecule has 0 amide bonds. The van der Waals surface area contributed by atoms with Crippen LogP contribution in [0, 0.1) is 0 Å². The lowest BCUT2D eigenvalue weighted by atomic mass is 9.91. The van der Waals surface area contributed by atoms with E-state index in [0.29, 0.717) is 29.6 Å². The van der Waals surface area contributed by atoms with Gasteiger partial charge in [0.2, 0.25) is 0 Å². The molecule has 0 N–H and O–H groups in total. The first-order chi connectivity index (χ1) is 15.2. The standard InChI is InChI=1S/C25H30N2O4/c1-18(28)20-9-10-23(24(17-20)29-2)30-16-6-5-13-27-14-11-19(12-15-27)25-21-7-3-4-8-22(21)31-26-25/h3-4,7-10,17,19H,5-6,11-16H2,1-2H3. The van der Waals surface area contributed by atoms with Gasteiger partial charge in [-0.2, -0.15) is 0 Å². The third-order valence-corrected chi connectivity index (χ3v) is 6.08. The molecule has 2 aromatic carbocycles. The zero-order valence-corrected chi connectivity index (χ0v) is 18.3. The summed E-state index contributed by atoms with van der Waals surface area (Å²) in [5, 5.41) is 5.51. The molecule has 3 aromatic rings. The maximum Gasteiger partial charge on any atom is 0.167 e. The summed E-state index contributed by atoms with van der Waals surface area (Å²) in [6.07, 6.45) is 4.30. The number of unbranched alkanes of at least 4 members (excludes halogenated alkanes) is 1. The lowest BCUT2D eigenvalue weighted by Gasteiger charge is -2.31. The van der Waals surface area contributed by atoms with Gasteiger partial charge in [0.25, 0.3) is 0 Å². The van der Waals surface area contributed by atoms with E-state index in [2.05, 4.69) is 16.1 Å². The molecule has 1 aromatic heterocycles. The number of carbonyl (C=O) groups is 1. The minimum absolute atomic E-state index is 0.0189. The Bertz CT molecular complexity index is 1020. The first-order valence-corrected chi connectivity index (χ1v) is 11.0. The molecule has 1 saturated heterocycles. The van der Waals surface area contributed by atoms with Crippen molar-refractivity contribution in [2.24, 2.45) is 0 Å². The van der Waals surface area contributed by atoms with E-state index < -0.39 is 0 Å². The number of piperidine rings is 1. The summed E-state index contributed by atoms with van der Waals surface area (Å²) in [7, 11) is 1.59. The molecule has 0 bridgehead atoms. The number of nitrogens with zero attached hydrogens (tertiary/aromatic N) is 2. The van der Waals surface area contributed by atoms with Crippen LogP contribution >= 0.6 is 0 Å². The summed E-state index contributed by atoms with van der Waals surface area (Å²) >= 11 is 0. The van der Waals surface area contributed by atoms with Gasteiger partial charge in [-0.15, -0.1) is 0 Å². The number of ether oxygens (including phenoxy) is 2. The van der Waals surface area contributed by atoms with Crippen LogP contribution in [0.4, 0.5) is 0 Å². The van der Waals surface area contributed by atoms with Gasteiger partial charge in [-0.1, -0.05) is 17.3 Å². The van der Waals surface area contributed by atoms with Crippen molar-refractivity contribution in [3.05, 3.63) is 53.7 Å². The predicted molar refractivity (Wildman–Crippen MR) is 120 cm³/mol. The van der Waals surface area contributed by atoms with E-state index in [9.17, 15) is 4.79 Å². The minimum Gasteiger partial charge on any atom is -0.493 e. The molecule has 1 aliphatic heterocycles. The molecule has 31 heavy (non-hydrogen) atoms. The maximum absolute atomic E-state index is 11.5. The van der Waals surface area contributed by atoms with Crippen molar-refractivity contribution >= 4 is 16.8 Å². The van der Waals surface area contributed by atoms with E-state index in [1.54, 1.807) is 26.2 Å². The number of likely N-dealkylation sites (tertiary alicyclic amines) is 1. The van der Waals surface area contributed by atoms with Gasteiger partial charge < -0.3 is 18.9 Å². The summed E-state index contributed by atoms with van der Waals surface area (Å²) < 4.78 is 16.7. The number of benzene rings is 2. The topological polar surface area (TPSA) is 64.8 Å². The minimum atomic E-state index is 0.0189. The third-order valence-electron chi connectivity index (χ3n) is 6.08. The Balaban J connectivity index is 1.18. The molecule has 0 unspecified atom stereocenters. The molecule has 164 valence electrons. The van der Waals surface area contributed by atoms with Crippen molar-refractivity contribution in [3.8, 4) is 11.5 Å². The second-order valence-corrected chi connectivity index (χ2v) is 8.16. The highest BCUT2D eigenvalue weighted by atomic mass is 16.5. The van der Waals surface area contributed by atoms with Crippen LogP contribution in [0.3, 0.4) is 0 Å². The number of para-hydroxylation sites is 1. The molecule has 0 spiro atoms. The molecular weight excluding hydrogens is 392 g/mol. The highest BCUT2D eigenvalue weighted by Gasteiger charge is 2.24. The van der Waals surface area contributed by atoms with Crippen LogP contribution in [0.15, 0.2) is 47.0 Å². The average molecular weight is 423 g/mol. The second-order valence-electron chi connectivity index (χ2n) is 8.16. The van der Waals surface area contributed by atoms with Gasteiger partial charge in [-0.25, -0.2) is 0 Å². The molecule has 1 fully saturated rings. The van der Waals surface area contributed by atoms with E-state index >= 15 is 0 Å². The fourth-order valence-electron chi connectivity index (χ4n) is 4.26. The highest BCUT2D eigenvalue weighted by Crippen LogP contribution is 2.32. The van der Waals surface area contributed by atoms with Crippen molar-refractivity contribution in [2.45, 2.75) is 38.5 Å². The zero-order valence-electron chi connectivity index (χ0n) is 18.3. The summed E-state index contributed by atoms with van der Waals surface area (Å²) in [6, 6.07) is 13.5. The lowest BCUT2D eigenvalue weighted by molar-refractivity contribution is 0.101. The Morgan fingerprint density at radius 1 is 1.13 bits per heavy atom. The summed E-state index contributed by atoms with van der Waals surface area (Å²) in [4.78, 5) is 14.0. The number of hydrogen-bond acceptors (Lipinski definition) is 6.